The minimum atomic E-state index is -0.602. The van der Waals surface area contributed by atoms with Crippen LogP contribution in [0.15, 0.2) is 4.52 Å². The molecule has 0 unspecified atom stereocenters. The minimum absolute atomic E-state index is 0.0409. The normalized spacial score (nSPS) is 11.2. The predicted octanol–water partition coefficient (Wildman–Crippen LogP) is 1.69. The number of ether oxygens (including phenoxy) is 1. The summed E-state index contributed by atoms with van der Waals surface area (Å²) >= 11 is 0. The van der Waals surface area contributed by atoms with E-state index in [1.807, 2.05) is 20.8 Å². The van der Waals surface area contributed by atoms with Crippen molar-refractivity contribution in [3.05, 3.63) is 17.0 Å². The monoisotopic (exact) mass is 254 g/mol. The van der Waals surface area contributed by atoms with Crippen molar-refractivity contribution in [3.63, 3.8) is 0 Å². The van der Waals surface area contributed by atoms with Gasteiger partial charge in [-0.3, -0.25) is 4.79 Å². The maximum absolute atomic E-state index is 12.0. The predicted molar refractivity (Wildman–Crippen MR) is 64.4 cm³/mol. The molecule has 1 heterocycles. The van der Waals surface area contributed by atoms with Crippen LogP contribution in [-0.2, 0) is 4.74 Å². The summed E-state index contributed by atoms with van der Waals surface area (Å²) in [4.78, 5) is 23.7. The molecule has 0 aliphatic rings. The lowest BCUT2D eigenvalue weighted by Crippen LogP contribution is -2.41. The molecular formula is C12H18N2O4. The van der Waals surface area contributed by atoms with Crippen molar-refractivity contribution in [2.75, 3.05) is 6.61 Å². The molecule has 0 spiro atoms. The number of carbonyl (C=O) groups is 2. The molecule has 0 aliphatic carbocycles. The molecule has 1 rings (SSSR count). The lowest BCUT2D eigenvalue weighted by atomic mass is 10.1. The Morgan fingerprint density at radius 3 is 2.50 bits per heavy atom. The zero-order valence-electron chi connectivity index (χ0n) is 11.3. The van der Waals surface area contributed by atoms with Gasteiger partial charge in [0.25, 0.3) is 5.91 Å². The molecule has 100 valence electrons. The Labute approximate surface area is 106 Å². The lowest BCUT2D eigenvalue weighted by molar-refractivity contribution is 0.0520. The van der Waals surface area contributed by atoms with Crippen LogP contribution in [-0.4, -0.2) is 29.2 Å². The average Bonchev–Trinajstić information content (AvgIpc) is 2.58. The number of carbonyl (C=O) groups excluding carboxylic acids is 2. The number of esters is 1. The summed E-state index contributed by atoms with van der Waals surface area (Å²) in [6, 6.07) is 0. The summed E-state index contributed by atoms with van der Waals surface area (Å²) in [7, 11) is 0. The molecule has 0 aromatic carbocycles. The molecule has 0 aliphatic heterocycles. The van der Waals surface area contributed by atoms with Gasteiger partial charge in [0.2, 0.25) is 0 Å². The van der Waals surface area contributed by atoms with Gasteiger partial charge in [-0.2, -0.15) is 0 Å². The fourth-order valence-electron chi connectivity index (χ4n) is 1.37. The number of nitrogens with zero attached hydrogens (tertiary/aromatic N) is 1. The zero-order chi connectivity index (χ0) is 13.9. The molecular weight excluding hydrogens is 236 g/mol. The summed E-state index contributed by atoms with van der Waals surface area (Å²) in [5.41, 5.74) is -0.380. The van der Waals surface area contributed by atoms with E-state index >= 15 is 0 Å². The van der Waals surface area contributed by atoms with E-state index < -0.39 is 17.4 Å². The Balaban J connectivity index is 3.04. The third-order valence-corrected chi connectivity index (χ3v) is 2.05. The Kier molecular flexibility index (Phi) is 4.11. The van der Waals surface area contributed by atoms with Gasteiger partial charge in [0.1, 0.15) is 11.3 Å². The van der Waals surface area contributed by atoms with E-state index in [2.05, 4.69) is 10.5 Å². The van der Waals surface area contributed by atoms with E-state index in [4.69, 9.17) is 9.26 Å². The SMILES string of the molecule is CCOC(=O)c1c(C(=O)NC(C)(C)C)noc1C. The standard InChI is InChI=1S/C12H18N2O4/c1-6-17-11(16)8-7(2)18-14-9(8)10(15)13-12(3,4)5/h6H2,1-5H3,(H,13,15). The number of hydrogen-bond donors (Lipinski definition) is 1. The summed E-state index contributed by atoms with van der Waals surface area (Å²) in [5, 5.41) is 6.33. The van der Waals surface area contributed by atoms with Gasteiger partial charge in [0, 0.05) is 5.54 Å². The second-order valence-corrected chi connectivity index (χ2v) is 4.89. The van der Waals surface area contributed by atoms with Gasteiger partial charge in [-0.25, -0.2) is 4.79 Å². The van der Waals surface area contributed by atoms with Crippen LogP contribution in [0.1, 0.15) is 54.3 Å². The topological polar surface area (TPSA) is 81.4 Å². The molecule has 18 heavy (non-hydrogen) atoms. The maximum Gasteiger partial charge on any atom is 0.344 e. The van der Waals surface area contributed by atoms with Crippen molar-refractivity contribution >= 4 is 11.9 Å². The van der Waals surface area contributed by atoms with Gasteiger partial charge < -0.3 is 14.6 Å². The highest BCUT2D eigenvalue weighted by Crippen LogP contribution is 2.15. The van der Waals surface area contributed by atoms with Crippen molar-refractivity contribution in [2.24, 2.45) is 0 Å². The molecule has 0 atom stereocenters. The second kappa shape index (κ2) is 5.20. The van der Waals surface area contributed by atoms with Gasteiger partial charge in [0.05, 0.1) is 6.61 Å². The molecule has 0 saturated heterocycles. The third-order valence-electron chi connectivity index (χ3n) is 2.05. The zero-order valence-corrected chi connectivity index (χ0v) is 11.3. The number of nitrogens with one attached hydrogen (secondary N) is 1. The smallest absolute Gasteiger partial charge is 0.344 e. The Morgan fingerprint density at radius 2 is 2.00 bits per heavy atom. The van der Waals surface area contributed by atoms with E-state index in [1.165, 1.54) is 0 Å². The number of rotatable bonds is 3. The van der Waals surface area contributed by atoms with Crippen molar-refractivity contribution in [1.82, 2.24) is 10.5 Å². The van der Waals surface area contributed by atoms with E-state index in [9.17, 15) is 9.59 Å². The number of aromatic nitrogens is 1. The average molecular weight is 254 g/mol. The van der Waals surface area contributed by atoms with Crippen LogP contribution in [0.5, 0.6) is 0 Å². The molecule has 6 nitrogen and oxygen atoms in total. The molecule has 1 aromatic heterocycles. The largest absolute Gasteiger partial charge is 0.462 e. The molecule has 1 N–H and O–H groups in total. The first-order valence-corrected chi connectivity index (χ1v) is 5.72. The number of amides is 1. The highest BCUT2D eigenvalue weighted by atomic mass is 16.5. The van der Waals surface area contributed by atoms with Gasteiger partial charge in [-0.05, 0) is 34.6 Å². The first kappa shape index (κ1) is 14.2. The maximum atomic E-state index is 12.0. The first-order chi connectivity index (χ1) is 8.26. The molecule has 6 heteroatoms. The summed E-state index contributed by atoms with van der Waals surface area (Å²) in [5.74, 6) is -0.787. The van der Waals surface area contributed by atoms with Gasteiger partial charge in [-0.15, -0.1) is 0 Å². The van der Waals surface area contributed by atoms with E-state index in [1.54, 1.807) is 13.8 Å². The quantitative estimate of drug-likeness (QED) is 0.830. The minimum Gasteiger partial charge on any atom is -0.462 e. The molecule has 0 radical (unpaired) electrons. The van der Waals surface area contributed by atoms with Crippen LogP contribution in [0.3, 0.4) is 0 Å². The molecule has 1 amide bonds. The van der Waals surface area contributed by atoms with Crippen LogP contribution in [0.25, 0.3) is 0 Å². The number of aryl methyl sites for hydroxylation is 1. The molecule has 0 bridgehead atoms. The van der Waals surface area contributed by atoms with Crippen molar-refractivity contribution in [1.29, 1.82) is 0 Å². The van der Waals surface area contributed by atoms with E-state index in [0.29, 0.717) is 0 Å². The van der Waals surface area contributed by atoms with Crippen molar-refractivity contribution in [2.45, 2.75) is 40.2 Å². The van der Waals surface area contributed by atoms with Gasteiger partial charge >= 0.3 is 5.97 Å². The first-order valence-electron chi connectivity index (χ1n) is 5.72. The summed E-state index contributed by atoms with van der Waals surface area (Å²) < 4.78 is 9.76. The van der Waals surface area contributed by atoms with Gasteiger partial charge in [0.15, 0.2) is 5.69 Å². The fraction of sp³-hybridized carbons (Fsp3) is 0.583. The summed E-state index contributed by atoms with van der Waals surface area (Å²) in [6.07, 6.45) is 0. The van der Waals surface area contributed by atoms with Crippen LogP contribution in [0, 0.1) is 6.92 Å². The Morgan fingerprint density at radius 1 is 1.39 bits per heavy atom. The Hall–Kier alpha value is -1.85. The molecule has 0 fully saturated rings. The van der Waals surface area contributed by atoms with Crippen molar-refractivity contribution in [3.8, 4) is 0 Å². The second-order valence-electron chi connectivity index (χ2n) is 4.89. The van der Waals surface area contributed by atoms with E-state index in [0.717, 1.165) is 0 Å². The highest BCUT2D eigenvalue weighted by Gasteiger charge is 2.28. The van der Waals surface area contributed by atoms with Crippen LogP contribution < -0.4 is 5.32 Å². The lowest BCUT2D eigenvalue weighted by Gasteiger charge is -2.19. The fourth-order valence-corrected chi connectivity index (χ4v) is 1.37. The van der Waals surface area contributed by atoms with Crippen LogP contribution in [0.4, 0.5) is 0 Å². The van der Waals surface area contributed by atoms with E-state index in [-0.39, 0.29) is 23.6 Å². The Bertz CT molecular complexity index is 457. The highest BCUT2D eigenvalue weighted by molar-refractivity contribution is 6.04. The number of hydrogen-bond acceptors (Lipinski definition) is 5. The molecule has 1 aromatic rings. The van der Waals surface area contributed by atoms with Crippen LogP contribution >= 0.6 is 0 Å². The third kappa shape index (κ3) is 3.32. The van der Waals surface area contributed by atoms with Crippen molar-refractivity contribution < 1.29 is 18.8 Å². The van der Waals surface area contributed by atoms with Gasteiger partial charge in [-0.1, -0.05) is 5.16 Å². The molecule has 0 saturated carbocycles. The summed E-state index contributed by atoms with van der Waals surface area (Å²) in [6.45, 7) is 8.98. The van der Waals surface area contributed by atoms with Crippen LogP contribution in [0.2, 0.25) is 0 Å².